The van der Waals surface area contributed by atoms with Gasteiger partial charge in [-0.3, -0.25) is 0 Å². The van der Waals surface area contributed by atoms with Crippen molar-refractivity contribution < 1.29 is 0 Å². The van der Waals surface area contributed by atoms with Crippen LogP contribution in [0.5, 0.6) is 0 Å². The molecule has 2 aromatic rings. The molecule has 0 radical (unpaired) electrons. The van der Waals surface area contributed by atoms with E-state index < -0.39 is 0 Å². The van der Waals surface area contributed by atoms with Crippen molar-refractivity contribution in [2.75, 3.05) is 0 Å². The maximum Gasteiger partial charge on any atom is 0.127 e. The largest absolute Gasteiger partial charge is 0.323 e. The molecule has 0 N–H and O–H groups in total. The van der Waals surface area contributed by atoms with Crippen molar-refractivity contribution in [2.45, 2.75) is 50.9 Å². The Morgan fingerprint density at radius 3 is 2.74 bits per heavy atom. The van der Waals surface area contributed by atoms with Gasteiger partial charge in [0.2, 0.25) is 0 Å². The number of rotatable bonds is 2. The van der Waals surface area contributed by atoms with Gasteiger partial charge in [0.25, 0.3) is 0 Å². The highest BCUT2D eigenvalue weighted by atomic mass is 35.5. The SMILES string of the molecule is CC(Cl)c1nc2ccccc2n1C1CCCCC1C. The predicted molar refractivity (Wildman–Crippen MR) is 80.7 cm³/mol. The van der Waals surface area contributed by atoms with Crippen LogP contribution in [0.25, 0.3) is 11.0 Å². The summed E-state index contributed by atoms with van der Waals surface area (Å²) in [5.41, 5.74) is 2.31. The normalized spacial score (nSPS) is 25.6. The summed E-state index contributed by atoms with van der Waals surface area (Å²) in [5, 5.41) is -0.0403. The number of para-hydroxylation sites is 2. The van der Waals surface area contributed by atoms with Crippen molar-refractivity contribution in [3.05, 3.63) is 30.1 Å². The highest BCUT2D eigenvalue weighted by Crippen LogP contribution is 2.38. The van der Waals surface area contributed by atoms with Gasteiger partial charge in [-0.2, -0.15) is 0 Å². The molecule has 0 amide bonds. The molecule has 1 fully saturated rings. The number of imidazole rings is 1. The summed E-state index contributed by atoms with van der Waals surface area (Å²) in [5.74, 6) is 1.74. The number of hydrogen-bond donors (Lipinski definition) is 0. The van der Waals surface area contributed by atoms with Crippen LogP contribution in [-0.4, -0.2) is 9.55 Å². The molecule has 19 heavy (non-hydrogen) atoms. The number of nitrogens with zero attached hydrogens (tertiary/aromatic N) is 2. The quantitative estimate of drug-likeness (QED) is 0.699. The third-order valence-corrected chi connectivity index (χ3v) is 4.57. The zero-order valence-electron chi connectivity index (χ0n) is 11.6. The summed E-state index contributed by atoms with van der Waals surface area (Å²) in [6, 6.07) is 8.95. The van der Waals surface area contributed by atoms with E-state index in [1.54, 1.807) is 0 Å². The number of alkyl halides is 1. The van der Waals surface area contributed by atoms with Gasteiger partial charge in [0.15, 0.2) is 0 Å². The fourth-order valence-corrected chi connectivity index (χ4v) is 3.53. The van der Waals surface area contributed by atoms with Crippen molar-refractivity contribution >= 4 is 22.6 Å². The minimum atomic E-state index is -0.0403. The predicted octanol–water partition coefficient (Wildman–Crippen LogP) is 5.09. The highest BCUT2D eigenvalue weighted by Gasteiger charge is 2.27. The first kappa shape index (κ1) is 13.0. The molecular weight excluding hydrogens is 256 g/mol. The average Bonchev–Trinajstić information content (AvgIpc) is 2.79. The lowest BCUT2D eigenvalue weighted by atomic mass is 9.85. The van der Waals surface area contributed by atoms with Gasteiger partial charge in [0.05, 0.1) is 16.4 Å². The second-order valence-electron chi connectivity index (χ2n) is 5.77. The maximum atomic E-state index is 6.36. The molecule has 1 aromatic heterocycles. The van der Waals surface area contributed by atoms with Crippen LogP contribution in [0.4, 0.5) is 0 Å². The molecule has 1 aliphatic carbocycles. The Kier molecular flexibility index (Phi) is 3.53. The molecule has 102 valence electrons. The second kappa shape index (κ2) is 5.16. The van der Waals surface area contributed by atoms with Gasteiger partial charge in [0.1, 0.15) is 5.82 Å². The third-order valence-electron chi connectivity index (χ3n) is 4.38. The van der Waals surface area contributed by atoms with Crippen LogP contribution >= 0.6 is 11.6 Å². The molecule has 2 nitrogen and oxygen atoms in total. The number of halogens is 1. The molecule has 0 aliphatic heterocycles. The van der Waals surface area contributed by atoms with E-state index in [-0.39, 0.29) is 5.38 Å². The molecule has 1 saturated carbocycles. The molecule has 3 heteroatoms. The number of aromatic nitrogens is 2. The minimum Gasteiger partial charge on any atom is -0.323 e. The molecular formula is C16H21ClN2. The fraction of sp³-hybridized carbons (Fsp3) is 0.562. The first-order valence-corrected chi connectivity index (χ1v) is 7.73. The summed E-state index contributed by atoms with van der Waals surface area (Å²) in [4.78, 5) is 4.75. The van der Waals surface area contributed by atoms with Gasteiger partial charge >= 0.3 is 0 Å². The van der Waals surface area contributed by atoms with E-state index in [1.165, 1.54) is 31.2 Å². The Morgan fingerprint density at radius 2 is 2.00 bits per heavy atom. The van der Waals surface area contributed by atoms with Gasteiger partial charge in [-0.15, -0.1) is 11.6 Å². The van der Waals surface area contributed by atoms with E-state index in [9.17, 15) is 0 Å². The Balaban J connectivity index is 2.16. The maximum absolute atomic E-state index is 6.36. The summed E-state index contributed by atoms with van der Waals surface area (Å²) in [6.07, 6.45) is 5.24. The van der Waals surface area contributed by atoms with E-state index in [1.807, 2.05) is 13.0 Å². The molecule has 3 unspecified atom stereocenters. The van der Waals surface area contributed by atoms with Crippen molar-refractivity contribution in [3.8, 4) is 0 Å². The number of fused-ring (bicyclic) bond motifs is 1. The summed E-state index contributed by atoms with van der Waals surface area (Å²) in [7, 11) is 0. The van der Waals surface area contributed by atoms with E-state index in [0.717, 1.165) is 11.3 Å². The first-order valence-electron chi connectivity index (χ1n) is 7.29. The number of benzene rings is 1. The summed E-state index contributed by atoms with van der Waals surface area (Å²) < 4.78 is 2.41. The topological polar surface area (TPSA) is 17.8 Å². The van der Waals surface area contributed by atoms with Crippen molar-refractivity contribution in [1.82, 2.24) is 9.55 Å². The Labute approximate surface area is 119 Å². The lowest BCUT2D eigenvalue weighted by molar-refractivity contribution is 0.257. The molecule has 0 saturated heterocycles. The Hall–Kier alpha value is -1.02. The van der Waals surface area contributed by atoms with Crippen molar-refractivity contribution in [2.24, 2.45) is 5.92 Å². The van der Waals surface area contributed by atoms with E-state index in [0.29, 0.717) is 12.0 Å². The molecule has 0 spiro atoms. The lowest BCUT2D eigenvalue weighted by Crippen LogP contribution is -2.23. The van der Waals surface area contributed by atoms with Crippen molar-refractivity contribution in [1.29, 1.82) is 0 Å². The molecule has 3 rings (SSSR count). The third kappa shape index (κ3) is 2.27. The van der Waals surface area contributed by atoms with Crippen LogP contribution in [0.3, 0.4) is 0 Å². The first-order chi connectivity index (χ1) is 9.18. The lowest BCUT2D eigenvalue weighted by Gasteiger charge is -2.32. The van der Waals surface area contributed by atoms with Crippen LogP contribution in [0.15, 0.2) is 24.3 Å². The van der Waals surface area contributed by atoms with Gasteiger partial charge < -0.3 is 4.57 Å². The zero-order valence-corrected chi connectivity index (χ0v) is 12.4. The summed E-state index contributed by atoms with van der Waals surface area (Å²) in [6.45, 7) is 4.38. The molecule has 0 bridgehead atoms. The number of hydrogen-bond acceptors (Lipinski definition) is 1. The summed E-state index contributed by atoms with van der Waals surface area (Å²) >= 11 is 6.36. The molecule has 1 heterocycles. The second-order valence-corrected chi connectivity index (χ2v) is 6.43. The van der Waals surface area contributed by atoms with Crippen molar-refractivity contribution in [3.63, 3.8) is 0 Å². The molecule has 3 atom stereocenters. The van der Waals surface area contributed by atoms with Crippen LogP contribution in [-0.2, 0) is 0 Å². The van der Waals surface area contributed by atoms with Crippen LogP contribution in [0.1, 0.15) is 56.8 Å². The van der Waals surface area contributed by atoms with E-state index >= 15 is 0 Å². The highest BCUT2D eigenvalue weighted by molar-refractivity contribution is 6.20. The van der Waals surface area contributed by atoms with Gasteiger partial charge in [-0.1, -0.05) is 31.9 Å². The fourth-order valence-electron chi connectivity index (χ4n) is 3.37. The zero-order chi connectivity index (χ0) is 13.4. The van der Waals surface area contributed by atoms with Gasteiger partial charge in [-0.25, -0.2) is 4.98 Å². The van der Waals surface area contributed by atoms with Gasteiger partial charge in [-0.05, 0) is 37.8 Å². The minimum absolute atomic E-state index is 0.0403. The molecule has 1 aromatic carbocycles. The Bertz CT molecular complexity index is 573. The van der Waals surface area contributed by atoms with E-state index in [2.05, 4.69) is 29.7 Å². The monoisotopic (exact) mass is 276 g/mol. The van der Waals surface area contributed by atoms with Crippen LogP contribution < -0.4 is 0 Å². The standard InChI is InChI=1S/C16H21ClN2/c1-11-7-3-5-9-14(11)19-15-10-6-4-8-13(15)18-16(19)12(2)17/h4,6,8,10-12,14H,3,5,7,9H2,1-2H3. The smallest absolute Gasteiger partial charge is 0.127 e. The Morgan fingerprint density at radius 1 is 1.26 bits per heavy atom. The average molecular weight is 277 g/mol. The molecule has 1 aliphatic rings. The van der Waals surface area contributed by atoms with Gasteiger partial charge in [0, 0.05) is 6.04 Å². The van der Waals surface area contributed by atoms with Crippen LogP contribution in [0, 0.1) is 5.92 Å². The van der Waals surface area contributed by atoms with E-state index in [4.69, 9.17) is 16.6 Å². The van der Waals surface area contributed by atoms with Crippen LogP contribution in [0.2, 0.25) is 0 Å².